The summed E-state index contributed by atoms with van der Waals surface area (Å²) in [7, 11) is 0. The van der Waals surface area contributed by atoms with Crippen molar-refractivity contribution in [1.82, 2.24) is 0 Å². The topological polar surface area (TPSA) is 20.2 Å². The van der Waals surface area contributed by atoms with Gasteiger partial charge in [0.25, 0.3) is 0 Å². The van der Waals surface area contributed by atoms with Gasteiger partial charge in [0, 0.05) is 16.9 Å². The quantitative estimate of drug-likeness (QED) is 0.342. The first-order valence-corrected chi connectivity index (χ1v) is 10.6. The van der Waals surface area contributed by atoms with Crippen LogP contribution in [0.25, 0.3) is 32.7 Å². The molecule has 0 aliphatic heterocycles. The molecule has 4 aromatic carbocycles. The van der Waals surface area contributed by atoms with Crippen LogP contribution in [0, 0.1) is 0 Å². The van der Waals surface area contributed by atoms with Crippen molar-refractivity contribution in [2.45, 2.75) is 33.6 Å². The van der Waals surface area contributed by atoms with E-state index in [2.05, 4.69) is 82.3 Å². The molecule has 0 amide bonds. The molecular weight excluding hydrogens is 364 g/mol. The summed E-state index contributed by atoms with van der Waals surface area (Å²) in [6, 6.07) is 25.1. The van der Waals surface area contributed by atoms with Crippen molar-refractivity contribution in [2.24, 2.45) is 0 Å². The molecule has 0 unspecified atom stereocenters. The molecule has 4 aromatic rings. The summed E-state index contributed by atoms with van der Waals surface area (Å²) in [5.74, 6) is 0.622. The second-order valence-corrected chi connectivity index (χ2v) is 8.45. The number of phenols is 1. The van der Waals surface area contributed by atoms with Crippen LogP contribution in [0.15, 0.2) is 95.1 Å². The summed E-state index contributed by atoms with van der Waals surface area (Å²) in [4.78, 5) is 0. The van der Waals surface area contributed by atoms with Gasteiger partial charge in [0.2, 0.25) is 0 Å². The number of fused-ring (bicyclic) bond motifs is 3. The maximum Gasteiger partial charge on any atom is 0.131 e. The van der Waals surface area contributed by atoms with Crippen molar-refractivity contribution in [3.8, 4) is 16.9 Å². The van der Waals surface area contributed by atoms with E-state index in [0.29, 0.717) is 5.75 Å². The number of benzene rings is 4. The van der Waals surface area contributed by atoms with Crippen LogP contribution in [0.3, 0.4) is 0 Å². The maximum absolute atomic E-state index is 11.5. The van der Waals surface area contributed by atoms with E-state index in [1.165, 1.54) is 33.2 Å². The van der Waals surface area contributed by atoms with Gasteiger partial charge in [-0.05, 0) is 66.1 Å². The van der Waals surface area contributed by atoms with E-state index in [1.807, 2.05) is 18.2 Å². The number of aromatic hydroxyl groups is 1. The van der Waals surface area contributed by atoms with Gasteiger partial charge in [-0.25, -0.2) is 0 Å². The van der Waals surface area contributed by atoms with Gasteiger partial charge in [-0.2, -0.15) is 0 Å². The smallest absolute Gasteiger partial charge is 0.131 e. The first-order chi connectivity index (χ1) is 14.5. The Bertz CT molecular complexity index is 1360. The Balaban J connectivity index is 1.89. The monoisotopic (exact) mass is 390 g/mol. The molecule has 1 aliphatic rings. The fourth-order valence-corrected chi connectivity index (χ4v) is 5.19. The van der Waals surface area contributed by atoms with Crippen molar-refractivity contribution < 1.29 is 5.11 Å². The molecule has 1 nitrogen and oxygen atoms in total. The van der Waals surface area contributed by atoms with E-state index in [0.717, 1.165) is 27.3 Å². The van der Waals surface area contributed by atoms with Crippen molar-refractivity contribution in [1.29, 1.82) is 0 Å². The third kappa shape index (κ3) is 2.55. The molecule has 0 bridgehead atoms. The molecule has 0 saturated carbocycles. The average Bonchev–Trinajstić information content (AvgIpc) is 2.97. The predicted octanol–water partition coefficient (Wildman–Crippen LogP) is 8.14. The van der Waals surface area contributed by atoms with Crippen molar-refractivity contribution in [3.05, 3.63) is 101 Å². The Morgan fingerprint density at radius 1 is 0.567 bits per heavy atom. The van der Waals surface area contributed by atoms with Crippen LogP contribution in [-0.4, -0.2) is 5.11 Å². The summed E-state index contributed by atoms with van der Waals surface area (Å²) < 4.78 is 0. The zero-order valence-electron chi connectivity index (χ0n) is 18.0. The molecule has 1 N–H and O–H groups in total. The second-order valence-electron chi connectivity index (χ2n) is 8.45. The van der Waals surface area contributed by atoms with Gasteiger partial charge in [0.1, 0.15) is 5.75 Å². The molecule has 0 aromatic heterocycles. The molecule has 5 rings (SSSR count). The van der Waals surface area contributed by atoms with E-state index in [9.17, 15) is 5.11 Å². The fourth-order valence-electron chi connectivity index (χ4n) is 5.19. The van der Waals surface area contributed by atoms with E-state index in [1.54, 1.807) is 0 Å². The van der Waals surface area contributed by atoms with Crippen molar-refractivity contribution >= 4 is 21.5 Å². The highest BCUT2D eigenvalue weighted by molar-refractivity contribution is 6.17. The van der Waals surface area contributed by atoms with E-state index in [4.69, 9.17) is 0 Å². The Hall–Kier alpha value is -3.32. The lowest BCUT2D eigenvalue weighted by atomic mass is 9.82. The van der Waals surface area contributed by atoms with Crippen LogP contribution in [0.4, 0.5) is 0 Å². The molecule has 0 spiro atoms. The Kier molecular flexibility index (Phi) is 4.29. The molecule has 0 fully saturated rings. The van der Waals surface area contributed by atoms with Gasteiger partial charge in [-0.1, -0.05) is 83.9 Å². The fraction of sp³-hybridized carbons (Fsp3) is 0.172. The van der Waals surface area contributed by atoms with Gasteiger partial charge in [-0.3, -0.25) is 0 Å². The summed E-state index contributed by atoms with van der Waals surface area (Å²) >= 11 is 0. The lowest BCUT2D eigenvalue weighted by Crippen LogP contribution is -2.02. The number of hydrogen-bond donors (Lipinski definition) is 1. The minimum Gasteiger partial charge on any atom is -0.507 e. The second kappa shape index (κ2) is 6.88. The number of hydrogen-bond acceptors (Lipinski definition) is 1. The third-order valence-electron chi connectivity index (χ3n) is 7.06. The maximum atomic E-state index is 11.5. The molecule has 1 heteroatoms. The van der Waals surface area contributed by atoms with Crippen molar-refractivity contribution in [2.75, 3.05) is 0 Å². The summed E-state index contributed by atoms with van der Waals surface area (Å²) in [6.07, 6.45) is 0. The van der Waals surface area contributed by atoms with Gasteiger partial charge < -0.3 is 5.11 Å². The van der Waals surface area contributed by atoms with E-state index < -0.39 is 0 Å². The molecular formula is C29H26O. The van der Waals surface area contributed by atoms with Gasteiger partial charge in [0.05, 0.1) is 0 Å². The zero-order valence-corrected chi connectivity index (χ0v) is 18.0. The first kappa shape index (κ1) is 18.7. The van der Waals surface area contributed by atoms with Crippen LogP contribution < -0.4 is 0 Å². The molecule has 0 saturated heterocycles. The molecule has 30 heavy (non-hydrogen) atoms. The van der Waals surface area contributed by atoms with Crippen LogP contribution in [0.1, 0.15) is 39.2 Å². The van der Waals surface area contributed by atoms with Crippen LogP contribution in [-0.2, 0) is 0 Å². The summed E-state index contributed by atoms with van der Waals surface area (Å²) in [5.41, 5.74) is 8.90. The normalized spacial score (nSPS) is 15.1. The molecule has 0 heterocycles. The molecule has 0 radical (unpaired) electrons. The van der Waals surface area contributed by atoms with Gasteiger partial charge >= 0.3 is 0 Å². The largest absolute Gasteiger partial charge is 0.507 e. The Labute approximate surface area is 178 Å². The Morgan fingerprint density at radius 2 is 1.03 bits per heavy atom. The first-order valence-electron chi connectivity index (χ1n) is 10.6. The number of phenolic OH excluding ortho intramolecular Hbond substituents is 1. The van der Waals surface area contributed by atoms with Crippen LogP contribution in [0.5, 0.6) is 5.75 Å². The number of rotatable bonds is 2. The highest BCUT2D eigenvalue weighted by Crippen LogP contribution is 2.50. The van der Waals surface area contributed by atoms with E-state index >= 15 is 0 Å². The van der Waals surface area contributed by atoms with Gasteiger partial charge in [-0.15, -0.1) is 0 Å². The minimum absolute atomic E-state index is 0.255. The zero-order chi connectivity index (χ0) is 21.0. The van der Waals surface area contributed by atoms with Crippen molar-refractivity contribution in [3.63, 3.8) is 0 Å². The van der Waals surface area contributed by atoms with Crippen LogP contribution in [0.2, 0.25) is 0 Å². The number of allylic oxidation sites excluding steroid dienone is 4. The average molecular weight is 391 g/mol. The molecule has 1 aliphatic carbocycles. The summed E-state index contributed by atoms with van der Waals surface area (Å²) in [6.45, 7) is 8.93. The van der Waals surface area contributed by atoms with Gasteiger partial charge in [0.15, 0.2) is 0 Å². The lowest BCUT2D eigenvalue weighted by molar-refractivity contribution is 0.484. The lowest BCUT2D eigenvalue weighted by Gasteiger charge is -2.22. The highest BCUT2D eigenvalue weighted by Gasteiger charge is 2.29. The Morgan fingerprint density at radius 3 is 1.67 bits per heavy atom. The standard InChI is InChI=1S/C29H26O/c1-17-18(2)20(4)27(19(17)3)24-14-8-9-15-25(24)28-23-13-7-5-11-21(23)22-12-6-10-16-26(22)29(28)30/h5-16,27,30H,1-4H3. The SMILES string of the molecule is CC1=C(C)C(c2ccccc2-c2c(O)c3ccccc3c3ccccc23)C(C)=C1C. The molecule has 148 valence electrons. The minimum atomic E-state index is 0.255. The predicted molar refractivity (Wildman–Crippen MR) is 128 cm³/mol. The molecule has 0 atom stereocenters. The van der Waals surface area contributed by atoms with Crippen LogP contribution >= 0.6 is 0 Å². The highest BCUT2D eigenvalue weighted by atomic mass is 16.3. The third-order valence-corrected chi connectivity index (χ3v) is 7.06. The summed E-state index contributed by atoms with van der Waals surface area (Å²) in [5, 5.41) is 15.7. The van der Waals surface area contributed by atoms with E-state index in [-0.39, 0.29) is 5.92 Å².